The van der Waals surface area contributed by atoms with Crippen molar-refractivity contribution in [1.82, 2.24) is 9.91 Å². The number of carbonyl (C=O) groups excluding carboxylic acids is 1. The molecule has 202 valence electrons. The van der Waals surface area contributed by atoms with Crippen molar-refractivity contribution >= 4 is 50.8 Å². The molecule has 0 aromatic heterocycles. The maximum atomic E-state index is 13.4. The van der Waals surface area contributed by atoms with Gasteiger partial charge in [0.25, 0.3) is 10.0 Å². The Bertz CT molecular complexity index is 1500. The Morgan fingerprint density at radius 1 is 0.897 bits per heavy atom. The number of nitrogens with zero attached hydrogens (tertiary/aromatic N) is 4. The fourth-order valence-corrected chi connectivity index (χ4v) is 6.12. The van der Waals surface area contributed by atoms with Gasteiger partial charge in [-0.2, -0.15) is 13.5 Å². The first-order valence-electron chi connectivity index (χ1n) is 12.5. The lowest BCUT2D eigenvalue weighted by Gasteiger charge is -2.35. The van der Waals surface area contributed by atoms with E-state index in [0.29, 0.717) is 42.5 Å². The second kappa shape index (κ2) is 11.4. The second-order valence-electron chi connectivity index (χ2n) is 9.52. The number of rotatable bonds is 5. The standard InChI is InChI=1S/C28H27Cl2N5O3S/c29-22-8-6-20(7-9-22)26-25(19-4-2-1-3-5-19)18-35(32-26)28(34-16-14-21(15-17-34)27(31)36)33-39(37,38)24-12-10-23(30)11-13-24/h1-13,21,25H,14-18H2,(H2,31,36)/b33-28+. The van der Waals surface area contributed by atoms with E-state index in [4.69, 9.17) is 34.0 Å². The maximum Gasteiger partial charge on any atom is 0.285 e. The summed E-state index contributed by atoms with van der Waals surface area (Å²) >= 11 is 12.1. The molecule has 1 amide bonds. The zero-order valence-corrected chi connectivity index (χ0v) is 23.3. The molecule has 2 heterocycles. The van der Waals surface area contributed by atoms with E-state index in [1.54, 1.807) is 17.1 Å². The Kier molecular flexibility index (Phi) is 7.93. The molecule has 1 saturated heterocycles. The number of hydrogen-bond donors (Lipinski definition) is 1. The number of hydrogen-bond acceptors (Lipinski definition) is 4. The van der Waals surface area contributed by atoms with Crippen molar-refractivity contribution in [3.63, 3.8) is 0 Å². The van der Waals surface area contributed by atoms with Crippen LogP contribution in [-0.4, -0.2) is 55.5 Å². The van der Waals surface area contributed by atoms with Crippen molar-refractivity contribution in [3.05, 3.63) is 100 Å². The molecular formula is C28H27Cl2N5O3S. The Morgan fingerprint density at radius 2 is 1.49 bits per heavy atom. The van der Waals surface area contributed by atoms with Crippen molar-refractivity contribution in [2.45, 2.75) is 23.7 Å². The normalized spacial score (nSPS) is 18.8. The highest BCUT2D eigenvalue weighted by Crippen LogP contribution is 2.31. The van der Waals surface area contributed by atoms with Crippen LogP contribution in [0.25, 0.3) is 0 Å². The zero-order chi connectivity index (χ0) is 27.6. The Hall–Kier alpha value is -3.40. The minimum atomic E-state index is -4.10. The van der Waals surface area contributed by atoms with Gasteiger partial charge in [-0.1, -0.05) is 65.7 Å². The lowest BCUT2D eigenvalue weighted by Crippen LogP contribution is -2.47. The van der Waals surface area contributed by atoms with E-state index in [2.05, 4.69) is 4.40 Å². The van der Waals surface area contributed by atoms with Crippen LogP contribution in [-0.2, 0) is 14.8 Å². The largest absolute Gasteiger partial charge is 0.369 e. The van der Waals surface area contributed by atoms with E-state index in [0.717, 1.165) is 16.8 Å². The molecular weight excluding hydrogens is 557 g/mol. The summed E-state index contributed by atoms with van der Waals surface area (Å²) in [6.45, 7) is 1.22. The molecule has 0 spiro atoms. The van der Waals surface area contributed by atoms with Gasteiger partial charge in [0.15, 0.2) is 0 Å². The van der Waals surface area contributed by atoms with Crippen molar-refractivity contribution in [1.29, 1.82) is 0 Å². The number of piperidine rings is 1. The Balaban J connectivity index is 1.57. The van der Waals surface area contributed by atoms with Crippen molar-refractivity contribution in [2.24, 2.45) is 21.2 Å². The van der Waals surface area contributed by atoms with E-state index in [1.807, 2.05) is 47.4 Å². The molecule has 5 rings (SSSR count). The van der Waals surface area contributed by atoms with Crippen molar-refractivity contribution in [2.75, 3.05) is 19.6 Å². The molecule has 0 bridgehead atoms. The SMILES string of the molecule is NC(=O)C1CCN(/C(=N\S(=O)(=O)c2ccc(Cl)cc2)N2CC(c3ccccc3)C(c3ccc(Cl)cc3)=N2)CC1. The van der Waals surface area contributed by atoms with Crippen LogP contribution in [0, 0.1) is 5.92 Å². The number of nitrogens with two attached hydrogens (primary N) is 1. The first-order chi connectivity index (χ1) is 18.7. The van der Waals surface area contributed by atoms with Crippen molar-refractivity contribution < 1.29 is 13.2 Å². The van der Waals surface area contributed by atoms with Crippen LogP contribution in [0.2, 0.25) is 10.0 Å². The van der Waals surface area contributed by atoms with Gasteiger partial charge in [-0.15, -0.1) is 4.40 Å². The molecule has 1 atom stereocenters. The molecule has 3 aromatic carbocycles. The first kappa shape index (κ1) is 27.2. The molecule has 2 N–H and O–H groups in total. The number of guanidine groups is 1. The summed E-state index contributed by atoms with van der Waals surface area (Å²) in [7, 11) is -4.10. The quantitative estimate of drug-likeness (QED) is 0.344. The molecule has 8 nitrogen and oxygen atoms in total. The number of benzene rings is 3. The Morgan fingerprint density at radius 3 is 2.08 bits per heavy atom. The van der Waals surface area contributed by atoms with E-state index in [1.165, 1.54) is 24.3 Å². The summed E-state index contributed by atoms with van der Waals surface area (Å²) < 4.78 is 31.2. The maximum absolute atomic E-state index is 13.4. The van der Waals surface area contributed by atoms with Crippen molar-refractivity contribution in [3.8, 4) is 0 Å². The number of likely N-dealkylation sites (tertiary alicyclic amines) is 1. The predicted octanol–water partition coefficient (Wildman–Crippen LogP) is 4.74. The third-order valence-corrected chi connectivity index (χ3v) is 8.76. The Labute approximate surface area is 237 Å². The van der Waals surface area contributed by atoms with Crippen LogP contribution < -0.4 is 5.73 Å². The summed E-state index contributed by atoms with van der Waals surface area (Å²) in [4.78, 5) is 13.7. The van der Waals surface area contributed by atoms with Crippen LogP contribution >= 0.6 is 23.2 Å². The smallest absolute Gasteiger partial charge is 0.285 e. The molecule has 1 unspecified atom stereocenters. The van der Waals surface area contributed by atoms with Gasteiger partial charge < -0.3 is 10.6 Å². The summed E-state index contributed by atoms with van der Waals surface area (Å²) in [5.41, 5.74) is 8.24. The third kappa shape index (κ3) is 6.11. The third-order valence-electron chi connectivity index (χ3n) is 6.98. The van der Waals surface area contributed by atoms with E-state index < -0.39 is 10.0 Å². The van der Waals surface area contributed by atoms with Gasteiger partial charge in [-0.05, 0) is 60.4 Å². The van der Waals surface area contributed by atoms with Crippen LogP contribution in [0.3, 0.4) is 0 Å². The molecule has 0 aliphatic carbocycles. The number of amides is 1. The highest BCUT2D eigenvalue weighted by atomic mass is 35.5. The van der Waals surface area contributed by atoms with Gasteiger partial charge in [0, 0.05) is 35.0 Å². The monoisotopic (exact) mass is 583 g/mol. The molecule has 0 radical (unpaired) electrons. The number of sulfonamides is 1. The lowest BCUT2D eigenvalue weighted by atomic mass is 9.91. The van der Waals surface area contributed by atoms with E-state index >= 15 is 0 Å². The lowest BCUT2D eigenvalue weighted by molar-refractivity contribution is -0.122. The molecule has 11 heteroatoms. The number of primary amides is 1. The second-order valence-corrected chi connectivity index (χ2v) is 12.0. The van der Waals surface area contributed by atoms with Gasteiger partial charge >= 0.3 is 0 Å². The van der Waals surface area contributed by atoms with E-state index in [-0.39, 0.29) is 28.6 Å². The van der Waals surface area contributed by atoms with Gasteiger partial charge in [0.1, 0.15) is 0 Å². The predicted molar refractivity (Wildman–Crippen MR) is 153 cm³/mol. The van der Waals surface area contributed by atoms with Crippen LogP contribution in [0.5, 0.6) is 0 Å². The summed E-state index contributed by atoms with van der Waals surface area (Å²) in [5, 5.41) is 7.61. The minimum Gasteiger partial charge on any atom is -0.369 e. The summed E-state index contributed by atoms with van der Waals surface area (Å²) in [6.07, 6.45) is 0.998. The van der Waals surface area contributed by atoms with Gasteiger partial charge in [0.05, 0.1) is 17.2 Å². The van der Waals surface area contributed by atoms with Crippen LogP contribution in [0.15, 0.2) is 93.3 Å². The fourth-order valence-electron chi connectivity index (χ4n) is 4.85. The average molecular weight is 585 g/mol. The number of carbonyl (C=O) groups is 1. The molecule has 1 fully saturated rings. The average Bonchev–Trinajstić information content (AvgIpc) is 3.38. The van der Waals surface area contributed by atoms with Crippen LogP contribution in [0.4, 0.5) is 0 Å². The summed E-state index contributed by atoms with van der Waals surface area (Å²) in [5.74, 6) is -0.550. The molecule has 3 aromatic rings. The zero-order valence-electron chi connectivity index (χ0n) is 21.0. The van der Waals surface area contributed by atoms with Gasteiger partial charge in [-0.3, -0.25) is 4.79 Å². The number of halogens is 2. The highest BCUT2D eigenvalue weighted by molar-refractivity contribution is 7.90. The minimum absolute atomic E-state index is 0.0251. The van der Waals surface area contributed by atoms with Crippen LogP contribution in [0.1, 0.15) is 29.9 Å². The van der Waals surface area contributed by atoms with E-state index in [9.17, 15) is 13.2 Å². The van der Waals surface area contributed by atoms with Gasteiger partial charge in [0.2, 0.25) is 11.9 Å². The fraction of sp³-hybridized carbons (Fsp3) is 0.250. The highest BCUT2D eigenvalue weighted by Gasteiger charge is 2.36. The molecule has 39 heavy (non-hydrogen) atoms. The van der Waals surface area contributed by atoms with Gasteiger partial charge in [-0.25, -0.2) is 5.01 Å². The number of hydrazone groups is 1. The summed E-state index contributed by atoms with van der Waals surface area (Å²) in [6, 6.07) is 23.2. The topological polar surface area (TPSA) is 108 Å². The molecule has 2 aliphatic heterocycles. The first-order valence-corrected chi connectivity index (χ1v) is 14.7. The molecule has 0 saturated carbocycles. The molecule has 2 aliphatic rings.